The summed E-state index contributed by atoms with van der Waals surface area (Å²) in [6.45, 7) is 9.91. The van der Waals surface area contributed by atoms with Gasteiger partial charge in [-0.2, -0.15) is 0 Å². The van der Waals surface area contributed by atoms with E-state index < -0.39 is 0 Å². The molecule has 0 atom stereocenters. The number of carbonyl (C=O) groups excluding carboxylic acids is 2. The zero-order chi connectivity index (χ0) is 17.4. The van der Waals surface area contributed by atoms with Crippen LogP contribution in [0.15, 0.2) is 29.3 Å². The number of ketones is 2. The Morgan fingerprint density at radius 1 is 0.870 bits per heavy atom. The van der Waals surface area contributed by atoms with Crippen LogP contribution in [0.3, 0.4) is 0 Å². The molecule has 2 aliphatic carbocycles. The van der Waals surface area contributed by atoms with Crippen molar-refractivity contribution in [2.45, 2.75) is 73.1 Å². The highest BCUT2D eigenvalue weighted by Crippen LogP contribution is 2.27. The SMILES string of the molecule is CC.CC.CC1=C(C(=O)c2ccc3c(c2)CCC3)C(=O)CCC1. The van der Waals surface area contributed by atoms with Gasteiger partial charge in [-0.05, 0) is 56.2 Å². The highest BCUT2D eigenvalue weighted by atomic mass is 16.1. The minimum Gasteiger partial charge on any atom is -0.294 e. The van der Waals surface area contributed by atoms with E-state index >= 15 is 0 Å². The smallest absolute Gasteiger partial charge is 0.196 e. The summed E-state index contributed by atoms with van der Waals surface area (Å²) in [5.41, 5.74) is 4.74. The lowest BCUT2D eigenvalue weighted by molar-refractivity contribution is -0.115. The van der Waals surface area contributed by atoms with Gasteiger partial charge >= 0.3 is 0 Å². The molecule has 0 fully saturated rings. The highest BCUT2D eigenvalue weighted by Gasteiger charge is 2.25. The zero-order valence-corrected chi connectivity index (χ0v) is 15.3. The van der Waals surface area contributed by atoms with E-state index in [1.165, 1.54) is 17.5 Å². The van der Waals surface area contributed by atoms with Gasteiger partial charge in [0, 0.05) is 12.0 Å². The number of rotatable bonds is 2. The second kappa shape index (κ2) is 9.44. The second-order valence-electron chi connectivity index (χ2n) is 5.60. The fourth-order valence-corrected chi connectivity index (χ4v) is 3.18. The zero-order valence-electron chi connectivity index (χ0n) is 15.3. The first kappa shape index (κ1) is 19.3. The Balaban J connectivity index is 0.000000615. The standard InChI is InChI=1S/C17H18O2.2C2H6/c1-11-4-2-7-15(18)16(11)17(19)14-9-8-12-5-3-6-13(12)10-14;2*1-2/h8-10H,2-7H2,1H3;2*1-2H3. The largest absolute Gasteiger partial charge is 0.294 e. The van der Waals surface area contributed by atoms with E-state index in [0.29, 0.717) is 17.6 Å². The molecule has 0 aromatic heterocycles. The third-order valence-corrected chi connectivity index (χ3v) is 4.25. The molecule has 23 heavy (non-hydrogen) atoms. The minimum absolute atomic E-state index is 0.0225. The summed E-state index contributed by atoms with van der Waals surface area (Å²) in [6, 6.07) is 5.93. The van der Waals surface area contributed by atoms with Gasteiger partial charge in [0.05, 0.1) is 5.57 Å². The molecule has 0 saturated carbocycles. The van der Waals surface area contributed by atoms with Crippen molar-refractivity contribution in [1.82, 2.24) is 0 Å². The topological polar surface area (TPSA) is 34.1 Å². The Labute approximate surface area is 141 Å². The monoisotopic (exact) mass is 314 g/mol. The number of fused-ring (bicyclic) bond motifs is 1. The van der Waals surface area contributed by atoms with Crippen molar-refractivity contribution in [3.05, 3.63) is 46.0 Å². The van der Waals surface area contributed by atoms with E-state index in [2.05, 4.69) is 6.07 Å². The highest BCUT2D eigenvalue weighted by molar-refractivity contribution is 6.27. The Morgan fingerprint density at radius 3 is 2.13 bits per heavy atom. The van der Waals surface area contributed by atoms with Gasteiger partial charge in [-0.15, -0.1) is 0 Å². The van der Waals surface area contributed by atoms with E-state index in [0.717, 1.165) is 31.3 Å². The minimum atomic E-state index is -0.0723. The van der Waals surface area contributed by atoms with Crippen molar-refractivity contribution in [2.24, 2.45) is 0 Å². The van der Waals surface area contributed by atoms with Gasteiger partial charge in [-0.25, -0.2) is 0 Å². The van der Waals surface area contributed by atoms with Crippen molar-refractivity contribution >= 4 is 11.6 Å². The van der Waals surface area contributed by atoms with Gasteiger partial charge in [0.2, 0.25) is 0 Å². The van der Waals surface area contributed by atoms with Crippen LogP contribution in [0.2, 0.25) is 0 Å². The number of benzene rings is 1. The van der Waals surface area contributed by atoms with Crippen LogP contribution in [0, 0.1) is 0 Å². The summed E-state index contributed by atoms with van der Waals surface area (Å²) in [4.78, 5) is 24.5. The van der Waals surface area contributed by atoms with Crippen LogP contribution < -0.4 is 0 Å². The van der Waals surface area contributed by atoms with E-state index in [9.17, 15) is 9.59 Å². The van der Waals surface area contributed by atoms with Crippen molar-refractivity contribution in [3.63, 3.8) is 0 Å². The second-order valence-corrected chi connectivity index (χ2v) is 5.60. The molecule has 126 valence electrons. The predicted octanol–water partition coefficient (Wildman–Crippen LogP) is 5.48. The molecule has 0 heterocycles. The molecule has 0 radical (unpaired) electrons. The first-order chi connectivity index (χ1) is 11.2. The van der Waals surface area contributed by atoms with E-state index in [1.54, 1.807) is 0 Å². The fraction of sp³-hybridized carbons (Fsp3) is 0.524. The Hall–Kier alpha value is -1.70. The van der Waals surface area contributed by atoms with E-state index in [4.69, 9.17) is 0 Å². The molecule has 0 spiro atoms. The molecule has 0 amide bonds. The summed E-state index contributed by atoms with van der Waals surface area (Å²) < 4.78 is 0. The Bertz CT molecular complexity index is 594. The van der Waals surface area contributed by atoms with Crippen LogP contribution in [0.1, 0.15) is 81.8 Å². The number of aryl methyl sites for hydroxylation is 2. The summed E-state index contributed by atoms with van der Waals surface area (Å²) in [5, 5.41) is 0. The maximum Gasteiger partial charge on any atom is 0.196 e. The van der Waals surface area contributed by atoms with Crippen LogP contribution in [0.5, 0.6) is 0 Å². The first-order valence-corrected chi connectivity index (χ1v) is 9.06. The molecule has 0 saturated heterocycles. The summed E-state index contributed by atoms with van der Waals surface area (Å²) in [6.07, 6.45) is 5.62. The predicted molar refractivity (Wildman–Crippen MR) is 97.1 cm³/mol. The van der Waals surface area contributed by atoms with Crippen molar-refractivity contribution in [3.8, 4) is 0 Å². The lowest BCUT2D eigenvalue weighted by atomic mass is 9.86. The van der Waals surface area contributed by atoms with Crippen molar-refractivity contribution in [2.75, 3.05) is 0 Å². The summed E-state index contributed by atoms with van der Waals surface area (Å²) in [7, 11) is 0. The normalized spacial score (nSPS) is 16.0. The number of carbonyl (C=O) groups is 2. The van der Waals surface area contributed by atoms with E-state index in [1.807, 2.05) is 46.8 Å². The molecule has 0 N–H and O–H groups in total. The maximum atomic E-state index is 12.5. The van der Waals surface area contributed by atoms with Gasteiger partial charge in [0.15, 0.2) is 11.6 Å². The third-order valence-electron chi connectivity index (χ3n) is 4.25. The number of allylic oxidation sites excluding steroid dienone is 2. The molecule has 3 rings (SSSR count). The fourth-order valence-electron chi connectivity index (χ4n) is 3.18. The molecule has 0 bridgehead atoms. The average molecular weight is 314 g/mol. The average Bonchev–Trinajstić information content (AvgIpc) is 3.06. The molecule has 0 aliphatic heterocycles. The first-order valence-electron chi connectivity index (χ1n) is 9.06. The molecule has 1 aromatic carbocycles. The van der Waals surface area contributed by atoms with E-state index in [-0.39, 0.29) is 11.6 Å². The number of hydrogen-bond acceptors (Lipinski definition) is 2. The lowest BCUT2D eigenvalue weighted by Crippen LogP contribution is -2.18. The van der Waals surface area contributed by atoms with Crippen LogP contribution in [-0.4, -0.2) is 11.6 Å². The third kappa shape index (κ3) is 4.40. The van der Waals surface area contributed by atoms with Gasteiger partial charge in [-0.3, -0.25) is 9.59 Å². The quantitative estimate of drug-likeness (QED) is 0.535. The summed E-state index contributed by atoms with van der Waals surface area (Å²) in [5.74, 6) is -0.0499. The van der Waals surface area contributed by atoms with Gasteiger partial charge in [-0.1, -0.05) is 45.4 Å². The van der Waals surface area contributed by atoms with Crippen LogP contribution in [-0.2, 0) is 17.6 Å². The molecule has 0 unspecified atom stereocenters. The Kier molecular flexibility index (Phi) is 7.94. The van der Waals surface area contributed by atoms with Crippen LogP contribution >= 0.6 is 0 Å². The van der Waals surface area contributed by atoms with Crippen LogP contribution in [0.25, 0.3) is 0 Å². The summed E-state index contributed by atoms with van der Waals surface area (Å²) >= 11 is 0. The number of hydrogen-bond donors (Lipinski definition) is 0. The van der Waals surface area contributed by atoms with Gasteiger partial charge in [0.25, 0.3) is 0 Å². The number of Topliss-reactive ketones (excluding diaryl/α,β-unsaturated/α-hetero) is 2. The van der Waals surface area contributed by atoms with Gasteiger partial charge < -0.3 is 0 Å². The maximum absolute atomic E-state index is 12.5. The van der Waals surface area contributed by atoms with Crippen LogP contribution in [0.4, 0.5) is 0 Å². The molecular weight excluding hydrogens is 284 g/mol. The molecule has 2 nitrogen and oxygen atoms in total. The molecule has 1 aromatic rings. The van der Waals surface area contributed by atoms with Gasteiger partial charge in [0.1, 0.15) is 0 Å². The van der Waals surface area contributed by atoms with Crippen molar-refractivity contribution < 1.29 is 9.59 Å². The molecule has 2 aliphatic rings. The van der Waals surface area contributed by atoms with Crippen molar-refractivity contribution in [1.29, 1.82) is 0 Å². The lowest BCUT2D eigenvalue weighted by Gasteiger charge is -2.16. The molecular formula is C21H30O2. The molecule has 2 heteroatoms. The Morgan fingerprint density at radius 2 is 1.48 bits per heavy atom.